The minimum atomic E-state index is -0.565. The van der Waals surface area contributed by atoms with E-state index in [9.17, 15) is 4.79 Å². The lowest BCUT2D eigenvalue weighted by molar-refractivity contribution is 0.0578. The van der Waals surface area contributed by atoms with Crippen LogP contribution in [0.4, 0.5) is 10.5 Å². The van der Waals surface area contributed by atoms with Gasteiger partial charge in [0.25, 0.3) is 0 Å². The molecule has 3 aromatic rings. The lowest BCUT2D eigenvalue weighted by Crippen LogP contribution is -2.36. The molecule has 0 unspecified atom stereocenters. The number of amides is 1. The zero-order valence-corrected chi connectivity index (χ0v) is 18.2. The van der Waals surface area contributed by atoms with Crippen molar-refractivity contribution in [1.82, 2.24) is 10.2 Å². The van der Waals surface area contributed by atoms with E-state index in [-0.39, 0.29) is 6.09 Å². The van der Waals surface area contributed by atoms with E-state index in [1.165, 1.54) is 0 Å². The van der Waals surface area contributed by atoms with Gasteiger partial charge in [-0.15, -0.1) is 27.8 Å². The fraction of sp³-hybridized carbons (Fsp3) is 0.353. The number of hydrogen-bond acceptors (Lipinski definition) is 6. The average molecular weight is 487 g/mol. The van der Waals surface area contributed by atoms with E-state index in [4.69, 9.17) is 4.74 Å². The van der Waals surface area contributed by atoms with Gasteiger partial charge in [-0.2, -0.15) is 5.10 Å². The molecule has 132 valence electrons. The molecule has 3 rings (SSSR count). The molecule has 0 bridgehead atoms. The van der Waals surface area contributed by atoms with E-state index in [0.29, 0.717) is 6.54 Å². The summed E-state index contributed by atoms with van der Waals surface area (Å²) < 4.78 is 7.74. The lowest BCUT2D eigenvalue weighted by atomic mass is 10.2. The predicted molar refractivity (Wildman–Crippen MR) is 112 cm³/mol. The molecular weight excluding hydrogens is 469 g/mol. The molecule has 0 aliphatic rings. The van der Waals surface area contributed by atoms with E-state index < -0.39 is 5.60 Å². The average Bonchev–Trinajstić information content (AvgIpc) is 3.12. The Labute approximate surface area is 168 Å². The molecule has 3 heterocycles. The van der Waals surface area contributed by atoms with E-state index in [1.807, 2.05) is 45.2 Å². The Bertz CT molecular complexity index is 901. The van der Waals surface area contributed by atoms with Crippen molar-refractivity contribution in [1.29, 1.82) is 0 Å². The number of anilines is 1. The Kier molecular flexibility index (Phi) is 5.31. The predicted octanol–water partition coefficient (Wildman–Crippen LogP) is 5.61. The third-order valence-corrected chi connectivity index (χ3v) is 6.85. The van der Waals surface area contributed by atoms with Gasteiger partial charge in [-0.1, -0.05) is 6.07 Å². The van der Waals surface area contributed by atoms with E-state index in [0.717, 1.165) is 29.2 Å². The Hall–Kier alpha value is -1.26. The van der Waals surface area contributed by atoms with Gasteiger partial charge >= 0.3 is 6.09 Å². The summed E-state index contributed by atoms with van der Waals surface area (Å²) in [6.07, 6.45) is 1.27. The molecular formula is C17H18IN3O2S2. The Morgan fingerprint density at radius 2 is 2.16 bits per heavy atom. The molecule has 0 radical (unpaired) electrons. The monoisotopic (exact) mass is 487 g/mol. The topological polar surface area (TPSA) is 55.3 Å². The van der Waals surface area contributed by atoms with Crippen LogP contribution in [0.2, 0.25) is 0 Å². The van der Waals surface area contributed by atoms with Crippen LogP contribution in [0.3, 0.4) is 0 Å². The number of carbonyl (C=O) groups excluding carboxylic acids is 1. The number of aromatic nitrogens is 2. The van der Waals surface area contributed by atoms with Crippen LogP contribution in [-0.2, 0) is 11.3 Å². The molecule has 0 atom stereocenters. The highest BCUT2D eigenvalue weighted by Gasteiger charge is 2.27. The first-order valence-electron chi connectivity index (χ1n) is 7.69. The summed E-state index contributed by atoms with van der Waals surface area (Å²) >= 11 is 5.53. The summed E-state index contributed by atoms with van der Waals surface area (Å²) in [4.78, 5) is 15.6. The van der Waals surface area contributed by atoms with Gasteiger partial charge < -0.3 is 4.74 Å². The molecule has 8 heteroatoms. The van der Waals surface area contributed by atoms with Gasteiger partial charge in [0.05, 0.1) is 26.0 Å². The van der Waals surface area contributed by atoms with Gasteiger partial charge in [-0.05, 0) is 61.7 Å². The van der Waals surface area contributed by atoms with Gasteiger partial charge in [0.1, 0.15) is 11.1 Å². The number of thiophene rings is 2. The number of rotatable bonds is 3. The molecule has 0 saturated heterocycles. The summed E-state index contributed by atoms with van der Waals surface area (Å²) in [5.41, 5.74) is 2.11. The molecule has 0 N–H and O–H groups in total. The van der Waals surface area contributed by atoms with Gasteiger partial charge in [-0.25, -0.2) is 4.79 Å². The van der Waals surface area contributed by atoms with Gasteiger partial charge in [-0.3, -0.25) is 4.90 Å². The maximum Gasteiger partial charge on any atom is 0.415 e. The van der Waals surface area contributed by atoms with Crippen LogP contribution in [0, 0.1) is 9.81 Å². The molecule has 0 aliphatic carbocycles. The first kappa shape index (κ1) is 18.5. The van der Waals surface area contributed by atoms with Crippen LogP contribution in [0.25, 0.3) is 10.2 Å². The minimum absolute atomic E-state index is 0.378. The van der Waals surface area contributed by atoms with Crippen molar-refractivity contribution < 1.29 is 9.53 Å². The highest BCUT2D eigenvalue weighted by molar-refractivity contribution is 14.1. The first-order chi connectivity index (χ1) is 11.8. The number of ether oxygens (including phenoxy) is 1. The van der Waals surface area contributed by atoms with Crippen LogP contribution in [0.1, 0.15) is 31.2 Å². The summed E-state index contributed by atoms with van der Waals surface area (Å²) in [5.74, 6) is 0. The maximum atomic E-state index is 12.9. The summed E-state index contributed by atoms with van der Waals surface area (Å²) in [7, 11) is 0. The number of carbonyl (C=O) groups is 1. The highest BCUT2D eigenvalue weighted by atomic mass is 127. The smallest absolute Gasteiger partial charge is 0.415 e. The second-order valence-electron chi connectivity index (χ2n) is 6.55. The SMILES string of the molecule is Cc1c(I)sc2c(N(Cc3cccs3)C(=O)OC(C)(C)C)cnnc12. The van der Waals surface area contributed by atoms with Crippen molar-refractivity contribution in [2.75, 3.05) is 4.90 Å². The fourth-order valence-corrected chi connectivity index (χ4v) is 4.88. The maximum absolute atomic E-state index is 12.9. The molecule has 0 aromatic carbocycles. The van der Waals surface area contributed by atoms with E-state index in [2.05, 4.69) is 32.8 Å². The van der Waals surface area contributed by atoms with Gasteiger partial charge in [0, 0.05) is 10.4 Å². The molecule has 3 aromatic heterocycles. The van der Waals surface area contributed by atoms with Crippen LogP contribution in [0.15, 0.2) is 23.7 Å². The standard InChI is InChI=1S/C17H18IN3O2S2/c1-10-13-14(25-15(10)18)12(8-19-20-13)21(9-11-6-5-7-24-11)16(22)23-17(2,3)4/h5-8H,9H2,1-4H3. The van der Waals surface area contributed by atoms with Crippen LogP contribution in [0.5, 0.6) is 0 Å². The van der Waals surface area contributed by atoms with E-state index in [1.54, 1.807) is 33.8 Å². The van der Waals surface area contributed by atoms with Crippen LogP contribution < -0.4 is 4.90 Å². The molecule has 1 amide bonds. The highest BCUT2D eigenvalue weighted by Crippen LogP contribution is 2.37. The lowest BCUT2D eigenvalue weighted by Gasteiger charge is -2.27. The zero-order valence-electron chi connectivity index (χ0n) is 14.4. The summed E-state index contributed by atoms with van der Waals surface area (Å²) in [5, 5.41) is 10.4. The first-order valence-corrected chi connectivity index (χ1v) is 10.5. The summed E-state index contributed by atoms with van der Waals surface area (Å²) in [6.45, 7) is 8.07. The second-order valence-corrected chi connectivity index (χ2v) is 10.4. The van der Waals surface area contributed by atoms with Gasteiger partial charge in [0.15, 0.2) is 0 Å². The molecule has 0 spiro atoms. The van der Waals surface area contributed by atoms with Crippen molar-refractivity contribution >= 4 is 67.3 Å². The molecule has 25 heavy (non-hydrogen) atoms. The number of halogens is 1. The normalized spacial score (nSPS) is 11.7. The van der Waals surface area contributed by atoms with Crippen molar-refractivity contribution in [2.45, 2.75) is 39.8 Å². The quantitative estimate of drug-likeness (QED) is 0.451. The Morgan fingerprint density at radius 3 is 2.80 bits per heavy atom. The fourth-order valence-electron chi connectivity index (χ4n) is 2.29. The van der Waals surface area contributed by atoms with Crippen molar-refractivity contribution in [2.24, 2.45) is 0 Å². The summed E-state index contributed by atoms with van der Waals surface area (Å²) in [6, 6.07) is 3.99. The van der Waals surface area contributed by atoms with Crippen LogP contribution >= 0.6 is 45.3 Å². The van der Waals surface area contributed by atoms with Crippen LogP contribution in [-0.4, -0.2) is 21.9 Å². The van der Waals surface area contributed by atoms with Crippen molar-refractivity contribution in [3.63, 3.8) is 0 Å². The largest absolute Gasteiger partial charge is 0.443 e. The van der Waals surface area contributed by atoms with Crippen molar-refractivity contribution in [3.8, 4) is 0 Å². The third kappa shape index (κ3) is 4.12. The van der Waals surface area contributed by atoms with E-state index >= 15 is 0 Å². The van der Waals surface area contributed by atoms with Crippen molar-refractivity contribution in [3.05, 3.63) is 37.0 Å². The number of fused-ring (bicyclic) bond motifs is 1. The number of hydrogen-bond donors (Lipinski definition) is 0. The Morgan fingerprint density at radius 1 is 1.40 bits per heavy atom. The molecule has 0 saturated carbocycles. The zero-order chi connectivity index (χ0) is 18.2. The number of nitrogens with zero attached hydrogens (tertiary/aromatic N) is 3. The molecule has 5 nitrogen and oxygen atoms in total. The second kappa shape index (κ2) is 7.16. The number of aryl methyl sites for hydroxylation is 1. The Balaban J connectivity index is 2.08. The third-order valence-electron chi connectivity index (χ3n) is 3.43. The molecule has 0 fully saturated rings. The van der Waals surface area contributed by atoms with Gasteiger partial charge in [0.2, 0.25) is 0 Å². The minimum Gasteiger partial charge on any atom is -0.443 e. The molecule has 0 aliphatic heterocycles.